The summed E-state index contributed by atoms with van der Waals surface area (Å²) in [6, 6.07) is 13.1. The minimum Gasteiger partial charge on any atom is -0.495 e. The summed E-state index contributed by atoms with van der Waals surface area (Å²) >= 11 is 5.91. The molecule has 0 aliphatic carbocycles. The van der Waals surface area contributed by atoms with Crippen molar-refractivity contribution in [3.05, 3.63) is 64.3 Å². The van der Waals surface area contributed by atoms with Crippen LogP contribution in [-0.4, -0.2) is 29.4 Å². The monoisotopic (exact) mass is 340 g/mol. The Kier molecular flexibility index (Phi) is 3.69. The van der Waals surface area contributed by atoms with Gasteiger partial charge in [-0.25, -0.2) is 0 Å². The summed E-state index contributed by atoms with van der Waals surface area (Å²) in [6.07, 6.45) is 0.812. The number of hydrogen-bond acceptors (Lipinski definition) is 2. The fourth-order valence-electron chi connectivity index (χ4n) is 3.33. The van der Waals surface area contributed by atoms with E-state index in [1.54, 1.807) is 31.4 Å². The van der Waals surface area contributed by atoms with Gasteiger partial charge in [-0.2, -0.15) is 0 Å². The normalized spacial score (nSPS) is 13.8. The van der Waals surface area contributed by atoms with E-state index < -0.39 is 0 Å². The molecule has 0 spiro atoms. The molecule has 0 bridgehead atoms. The van der Waals surface area contributed by atoms with E-state index in [-0.39, 0.29) is 5.91 Å². The molecule has 1 aliphatic heterocycles. The quantitative estimate of drug-likeness (QED) is 0.765. The van der Waals surface area contributed by atoms with Gasteiger partial charge in [-0.3, -0.25) is 4.79 Å². The molecule has 0 saturated carbocycles. The number of fused-ring (bicyclic) bond motifs is 3. The molecule has 24 heavy (non-hydrogen) atoms. The van der Waals surface area contributed by atoms with Crippen molar-refractivity contribution in [3.63, 3.8) is 0 Å². The second kappa shape index (κ2) is 5.87. The van der Waals surface area contributed by atoms with E-state index in [1.807, 2.05) is 17.0 Å². The Labute approximate surface area is 145 Å². The molecule has 5 heteroatoms. The summed E-state index contributed by atoms with van der Waals surface area (Å²) in [4.78, 5) is 18.1. The summed E-state index contributed by atoms with van der Waals surface area (Å²) in [7, 11) is 1.67. The standard InChI is InChI=1S/C19H17ClN2O2/c1-24-17-4-2-3-14-15-11-22(10-9-16(15)21-18(14)17)19(23)12-5-7-13(20)8-6-12/h2-8,21H,9-11H2,1H3. The SMILES string of the molecule is COc1cccc2c3c([nH]c12)CCN(C(=O)c1ccc(Cl)cc1)C3. The van der Waals surface area contributed by atoms with Gasteiger partial charge in [0.1, 0.15) is 5.75 Å². The predicted molar refractivity (Wildman–Crippen MR) is 94.7 cm³/mol. The maximum Gasteiger partial charge on any atom is 0.254 e. The van der Waals surface area contributed by atoms with Crippen LogP contribution in [-0.2, 0) is 13.0 Å². The molecule has 1 N–H and O–H groups in total. The van der Waals surface area contributed by atoms with Crippen molar-refractivity contribution >= 4 is 28.4 Å². The van der Waals surface area contributed by atoms with Crippen LogP contribution in [0.25, 0.3) is 10.9 Å². The van der Waals surface area contributed by atoms with Gasteiger partial charge in [-0.15, -0.1) is 0 Å². The van der Waals surface area contributed by atoms with Gasteiger partial charge in [0, 0.05) is 46.7 Å². The maximum absolute atomic E-state index is 12.7. The van der Waals surface area contributed by atoms with Crippen LogP contribution in [0.1, 0.15) is 21.6 Å². The smallest absolute Gasteiger partial charge is 0.254 e. The molecule has 0 atom stereocenters. The van der Waals surface area contributed by atoms with E-state index in [0.717, 1.165) is 23.1 Å². The first kappa shape index (κ1) is 15.1. The van der Waals surface area contributed by atoms with E-state index in [0.29, 0.717) is 23.7 Å². The molecule has 1 aromatic heterocycles. The van der Waals surface area contributed by atoms with Gasteiger partial charge < -0.3 is 14.6 Å². The van der Waals surface area contributed by atoms with Crippen molar-refractivity contribution in [2.45, 2.75) is 13.0 Å². The third-order valence-corrected chi connectivity index (χ3v) is 4.82. The minimum absolute atomic E-state index is 0.0366. The van der Waals surface area contributed by atoms with Crippen LogP contribution in [0.2, 0.25) is 5.02 Å². The first-order chi connectivity index (χ1) is 11.7. The lowest BCUT2D eigenvalue weighted by molar-refractivity contribution is 0.0735. The van der Waals surface area contributed by atoms with Gasteiger partial charge in [-0.05, 0) is 30.3 Å². The molecule has 0 radical (unpaired) electrons. The van der Waals surface area contributed by atoms with Gasteiger partial charge >= 0.3 is 0 Å². The number of ether oxygens (including phenoxy) is 1. The summed E-state index contributed by atoms with van der Waals surface area (Å²) in [6.45, 7) is 1.30. The van der Waals surface area contributed by atoms with Crippen LogP contribution in [0.15, 0.2) is 42.5 Å². The zero-order chi connectivity index (χ0) is 16.7. The molecular weight excluding hydrogens is 324 g/mol. The molecule has 0 fully saturated rings. The summed E-state index contributed by atoms with van der Waals surface area (Å²) in [5.41, 5.74) is 4.04. The molecule has 2 aromatic carbocycles. The highest BCUT2D eigenvalue weighted by molar-refractivity contribution is 6.30. The van der Waals surface area contributed by atoms with Crippen LogP contribution in [0.4, 0.5) is 0 Å². The molecule has 4 nitrogen and oxygen atoms in total. The fourth-order valence-corrected chi connectivity index (χ4v) is 3.46. The van der Waals surface area contributed by atoms with E-state index in [4.69, 9.17) is 16.3 Å². The largest absolute Gasteiger partial charge is 0.495 e. The van der Waals surface area contributed by atoms with Crippen molar-refractivity contribution in [1.29, 1.82) is 0 Å². The van der Waals surface area contributed by atoms with Crippen LogP contribution < -0.4 is 4.74 Å². The Morgan fingerprint density at radius 2 is 2.00 bits per heavy atom. The number of aromatic amines is 1. The number of H-pyrrole nitrogens is 1. The van der Waals surface area contributed by atoms with Crippen LogP contribution in [0.3, 0.4) is 0 Å². The second-order valence-electron chi connectivity index (χ2n) is 5.95. The Balaban J connectivity index is 1.68. The van der Waals surface area contributed by atoms with Gasteiger partial charge in [0.25, 0.3) is 5.91 Å². The third-order valence-electron chi connectivity index (χ3n) is 4.57. The highest BCUT2D eigenvalue weighted by Crippen LogP contribution is 2.33. The Morgan fingerprint density at radius 1 is 1.21 bits per heavy atom. The molecule has 0 unspecified atom stereocenters. The molecule has 3 aromatic rings. The number of carbonyl (C=O) groups excluding carboxylic acids is 1. The third kappa shape index (κ3) is 2.43. The first-order valence-corrected chi connectivity index (χ1v) is 8.26. The van der Waals surface area contributed by atoms with Crippen LogP contribution >= 0.6 is 11.6 Å². The Bertz CT molecular complexity index is 915. The molecule has 0 saturated heterocycles. The van der Waals surface area contributed by atoms with Gasteiger partial charge in [-0.1, -0.05) is 23.7 Å². The number of para-hydroxylation sites is 1. The zero-order valence-corrected chi connectivity index (χ0v) is 14.1. The number of benzene rings is 2. The number of nitrogens with one attached hydrogen (secondary N) is 1. The molecule has 122 valence electrons. The van der Waals surface area contributed by atoms with Crippen molar-refractivity contribution in [2.24, 2.45) is 0 Å². The van der Waals surface area contributed by atoms with Gasteiger partial charge in [0.15, 0.2) is 0 Å². The number of nitrogens with zero attached hydrogens (tertiary/aromatic N) is 1. The highest BCUT2D eigenvalue weighted by Gasteiger charge is 2.25. The molecular formula is C19H17ClN2O2. The number of aromatic nitrogens is 1. The number of amides is 1. The van der Waals surface area contributed by atoms with Crippen molar-refractivity contribution < 1.29 is 9.53 Å². The lowest BCUT2D eigenvalue weighted by Gasteiger charge is -2.27. The average molecular weight is 341 g/mol. The van der Waals surface area contributed by atoms with Crippen molar-refractivity contribution in [1.82, 2.24) is 9.88 Å². The molecule has 4 rings (SSSR count). The van der Waals surface area contributed by atoms with E-state index in [9.17, 15) is 4.79 Å². The lowest BCUT2D eigenvalue weighted by Crippen LogP contribution is -2.35. The minimum atomic E-state index is 0.0366. The zero-order valence-electron chi connectivity index (χ0n) is 13.3. The average Bonchev–Trinajstić information content (AvgIpc) is 2.99. The Morgan fingerprint density at radius 3 is 2.75 bits per heavy atom. The Hall–Kier alpha value is -2.46. The lowest BCUT2D eigenvalue weighted by atomic mass is 10.0. The van der Waals surface area contributed by atoms with Crippen molar-refractivity contribution in [2.75, 3.05) is 13.7 Å². The number of carbonyl (C=O) groups is 1. The van der Waals surface area contributed by atoms with Gasteiger partial charge in [0.05, 0.1) is 12.6 Å². The second-order valence-corrected chi connectivity index (χ2v) is 6.38. The molecule has 1 aliphatic rings. The van der Waals surface area contributed by atoms with Crippen LogP contribution in [0, 0.1) is 0 Å². The molecule has 1 amide bonds. The number of hydrogen-bond donors (Lipinski definition) is 1. The summed E-state index contributed by atoms with van der Waals surface area (Å²) in [5.74, 6) is 0.868. The fraction of sp³-hybridized carbons (Fsp3) is 0.211. The number of rotatable bonds is 2. The van der Waals surface area contributed by atoms with Crippen LogP contribution in [0.5, 0.6) is 5.75 Å². The highest BCUT2D eigenvalue weighted by atomic mass is 35.5. The molecule has 2 heterocycles. The van der Waals surface area contributed by atoms with Crippen molar-refractivity contribution in [3.8, 4) is 5.75 Å². The number of methoxy groups -OCH3 is 1. The first-order valence-electron chi connectivity index (χ1n) is 7.88. The van der Waals surface area contributed by atoms with E-state index in [2.05, 4.69) is 11.1 Å². The number of halogens is 1. The summed E-state index contributed by atoms with van der Waals surface area (Å²) in [5, 5.41) is 1.76. The topological polar surface area (TPSA) is 45.3 Å². The van der Waals surface area contributed by atoms with E-state index >= 15 is 0 Å². The van der Waals surface area contributed by atoms with Gasteiger partial charge in [0.2, 0.25) is 0 Å². The van der Waals surface area contributed by atoms with E-state index in [1.165, 1.54) is 11.3 Å². The maximum atomic E-state index is 12.7. The summed E-state index contributed by atoms with van der Waals surface area (Å²) < 4.78 is 5.44. The predicted octanol–water partition coefficient (Wildman–Crippen LogP) is 4.03.